The number of esters is 1. The molecule has 0 aliphatic heterocycles. The predicted octanol–water partition coefficient (Wildman–Crippen LogP) is 3.24. The molecule has 0 saturated heterocycles. The zero-order valence-electron chi connectivity index (χ0n) is 20.6. The lowest BCUT2D eigenvalue weighted by Gasteiger charge is -2.18. The van der Waals surface area contributed by atoms with Gasteiger partial charge in [0.2, 0.25) is 0 Å². The number of rotatable bonds is 13. The van der Waals surface area contributed by atoms with Gasteiger partial charge in [-0.2, -0.15) is 0 Å². The number of methoxy groups -OCH3 is 1. The van der Waals surface area contributed by atoms with Crippen LogP contribution in [0.1, 0.15) is 33.3 Å². The van der Waals surface area contributed by atoms with E-state index in [1.807, 2.05) is 13.8 Å². The minimum Gasteiger partial charge on any atom is -0.468 e. The summed E-state index contributed by atoms with van der Waals surface area (Å²) >= 11 is 0. The van der Waals surface area contributed by atoms with E-state index >= 15 is 0 Å². The van der Waals surface area contributed by atoms with Crippen molar-refractivity contribution in [1.82, 2.24) is 5.32 Å². The molecule has 196 valence electrons. The largest absolute Gasteiger partial charge is 0.513 e. The number of carbonyl (C=O) groups is 4. The van der Waals surface area contributed by atoms with Gasteiger partial charge in [0.15, 0.2) is 11.5 Å². The first-order valence-electron chi connectivity index (χ1n) is 11.1. The van der Waals surface area contributed by atoms with Crippen LogP contribution in [0.3, 0.4) is 0 Å². The second-order valence-electron chi connectivity index (χ2n) is 7.39. The van der Waals surface area contributed by atoms with Gasteiger partial charge < -0.3 is 38.5 Å². The Morgan fingerprint density at radius 3 is 2.06 bits per heavy atom. The Morgan fingerprint density at radius 1 is 0.857 bits per heavy atom. The van der Waals surface area contributed by atoms with Crippen LogP contribution >= 0.6 is 0 Å². The number of carbonyl (C=O) groups excluding carboxylic acids is 4. The first kappa shape index (κ1) is 29.5. The van der Waals surface area contributed by atoms with Crippen LogP contribution in [0.5, 0.6) is 11.5 Å². The van der Waals surface area contributed by atoms with Crippen LogP contribution in [0.15, 0.2) is 18.2 Å². The second kappa shape index (κ2) is 16.1. The van der Waals surface area contributed by atoms with Gasteiger partial charge in [0, 0.05) is 6.54 Å². The van der Waals surface area contributed by atoms with Crippen LogP contribution in [-0.2, 0) is 34.9 Å². The molecule has 0 saturated carbocycles. The molecule has 0 bridgehead atoms. The summed E-state index contributed by atoms with van der Waals surface area (Å²) in [5, 5.41) is 2.94. The van der Waals surface area contributed by atoms with E-state index in [4.69, 9.17) is 33.2 Å². The van der Waals surface area contributed by atoms with E-state index in [9.17, 15) is 19.2 Å². The van der Waals surface area contributed by atoms with E-state index < -0.39 is 30.5 Å². The summed E-state index contributed by atoms with van der Waals surface area (Å²) in [5.74, 6) is -0.562. The molecule has 0 unspecified atom stereocenters. The van der Waals surface area contributed by atoms with E-state index in [0.717, 1.165) is 0 Å². The normalized spacial score (nSPS) is 11.3. The lowest BCUT2D eigenvalue weighted by Crippen LogP contribution is -2.41. The highest BCUT2D eigenvalue weighted by atomic mass is 16.7. The summed E-state index contributed by atoms with van der Waals surface area (Å²) in [6.07, 6.45) is -2.66. The third-order valence-electron chi connectivity index (χ3n) is 4.09. The molecule has 1 N–H and O–H groups in total. The van der Waals surface area contributed by atoms with Gasteiger partial charge in [0.25, 0.3) is 0 Å². The molecule has 35 heavy (non-hydrogen) atoms. The Bertz CT molecular complexity index is 841. The van der Waals surface area contributed by atoms with Gasteiger partial charge >= 0.3 is 24.4 Å². The number of hydrogen-bond acceptors (Lipinski definition) is 12. The smallest absolute Gasteiger partial charge is 0.468 e. The highest BCUT2D eigenvalue weighted by Gasteiger charge is 2.22. The van der Waals surface area contributed by atoms with E-state index in [1.165, 1.54) is 19.2 Å². The summed E-state index contributed by atoms with van der Waals surface area (Å²) < 4.78 is 34.4. The first-order valence-corrected chi connectivity index (χ1v) is 11.1. The van der Waals surface area contributed by atoms with Gasteiger partial charge in [0.1, 0.15) is 12.6 Å². The third-order valence-corrected chi connectivity index (χ3v) is 4.09. The maximum Gasteiger partial charge on any atom is 0.513 e. The molecule has 0 radical (unpaired) electrons. The molecule has 12 nitrogen and oxygen atoms in total. The molecule has 0 spiro atoms. The zero-order chi connectivity index (χ0) is 26.2. The minimum atomic E-state index is -0.998. The van der Waals surface area contributed by atoms with E-state index in [-0.39, 0.29) is 56.8 Å². The van der Waals surface area contributed by atoms with Crippen LogP contribution in [0, 0.1) is 5.92 Å². The van der Waals surface area contributed by atoms with Gasteiger partial charge in [-0.05, 0) is 43.9 Å². The number of hydrogen-bond donors (Lipinski definition) is 1. The minimum absolute atomic E-state index is 0.0338. The molecular formula is C23H33NO11. The molecular weight excluding hydrogens is 466 g/mol. The van der Waals surface area contributed by atoms with E-state index in [0.29, 0.717) is 5.56 Å². The van der Waals surface area contributed by atoms with Crippen molar-refractivity contribution in [3.8, 4) is 11.5 Å². The molecule has 1 atom stereocenters. The van der Waals surface area contributed by atoms with Crippen molar-refractivity contribution >= 4 is 24.4 Å². The van der Waals surface area contributed by atoms with Crippen LogP contribution in [0.4, 0.5) is 14.4 Å². The highest BCUT2D eigenvalue weighted by molar-refractivity contribution is 5.76. The standard InChI is InChI=1S/C23H33NO11/c1-6-30-22(27)34-18-9-8-16(13-19(18)35-23(28)31-7-2)12-17(20(25)29-5)24-10-11-32-21(26)33-14-15(3)4/h8-9,13,15,17,24H,6-7,10-12,14H2,1-5H3/t17-/m0/s1. The first-order chi connectivity index (χ1) is 16.7. The zero-order valence-corrected chi connectivity index (χ0v) is 20.6. The van der Waals surface area contributed by atoms with Crippen molar-refractivity contribution in [2.45, 2.75) is 40.2 Å². The summed E-state index contributed by atoms with van der Waals surface area (Å²) in [7, 11) is 1.24. The summed E-state index contributed by atoms with van der Waals surface area (Å²) in [5.41, 5.74) is 0.542. The third kappa shape index (κ3) is 11.9. The van der Waals surface area contributed by atoms with Crippen LogP contribution in [0.25, 0.3) is 0 Å². The van der Waals surface area contributed by atoms with Crippen molar-refractivity contribution < 1.29 is 52.3 Å². The molecule has 0 heterocycles. The van der Waals surface area contributed by atoms with Crippen molar-refractivity contribution in [3.63, 3.8) is 0 Å². The van der Waals surface area contributed by atoms with E-state index in [2.05, 4.69) is 5.32 Å². The molecule has 1 aromatic rings. The number of nitrogens with one attached hydrogen (secondary N) is 1. The van der Waals surface area contributed by atoms with Crippen LogP contribution in [0.2, 0.25) is 0 Å². The SMILES string of the molecule is CCOC(=O)Oc1ccc(C[C@H](NCCOC(=O)OCC(C)C)C(=O)OC)cc1OC(=O)OCC. The average Bonchev–Trinajstić information content (AvgIpc) is 2.81. The maximum absolute atomic E-state index is 12.2. The van der Waals surface area contributed by atoms with E-state index in [1.54, 1.807) is 19.9 Å². The fourth-order valence-electron chi connectivity index (χ4n) is 2.58. The Kier molecular flexibility index (Phi) is 13.6. The Hall–Kier alpha value is -3.54. The fraction of sp³-hybridized carbons (Fsp3) is 0.565. The van der Waals surface area contributed by atoms with Gasteiger partial charge in [-0.25, -0.2) is 14.4 Å². The van der Waals surface area contributed by atoms with Crippen molar-refractivity contribution in [1.29, 1.82) is 0 Å². The Labute approximate surface area is 204 Å². The topological polar surface area (TPSA) is 145 Å². The van der Waals surface area contributed by atoms with Gasteiger partial charge in [0.05, 0.1) is 26.9 Å². The van der Waals surface area contributed by atoms with Crippen LogP contribution in [-0.4, -0.2) is 70.6 Å². The molecule has 1 rings (SSSR count). The molecule has 0 amide bonds. The van der Waals surface area contributed by atoms with Crippen LogP contribution < -0.4 is 14.8 Å². The second-order valence-corrected chi connectivity index (χ2v) is 7.39. The van der Waals surface area contributed by atoms with Crippen molar-refractivity contribution in [2.24, 2.45) is 5.92 Å². The molecule has 0 aromatic heterocycles. The number of benzene rings is 1. The lowest BCUT2D eigenvalue weighted by atomic mass is 10.1. The molecule has 0 aliphatic carbocycles. The van der Waals surface area contributed by atoms with Gasteiger partial charge in [-0.3, -0.25) is 4.79 Å². The summed E-state index contributed by atoms with van der Waals surface area (Å²) in [4.78, 5) is 47.3. The highest BCUT2D eigenvalue weighted by Crippen LogP contribution is 2.30. The average molecular weight is 500 g/mol. The maximum atomic E-state index is 12.2. The Morgan fingerprint density at radius 2 is 1.49 bits per heavy atom. The predicted molar refractivity (Wildman–Crippen MR) is 121 cm³/mol. The van der Waals surface area contributed by atoms with Crippen molar-refractivity contribution in [3.05, 3.63) is 23.8 Å². The quantitative estimate of drug-likeness (QED) is 0.184. The van der Waals surface area contributed by atoms with Crippen molar-refractivity contribution in [2.75, 3.05) is 40.1 Å². The van der Waals surface area contributed by atoms with Gasteiger partial charge in [-0.15, -0.1) is 0 Å². The fourth-order valence-corrected chi connectivity index (χ4v) is 2.58. The molecule has 12 heteroatoms. The summed E-state index contributed by atoms with van der Waals surface area (Å²) in [6, 6.07) is 3.57. The summed E-state index contributed by atoms with van der Waals surface area (Å²) in [6.45, 7) is 7.53. The monoisotopic (exact) mass is 499 g/mol. The number of ether oxygens (including phenoxy) is 7. The Balaban J connectivity index is 2.87. The van der Waals surface area contributed by atoms with Gasteiger partial charge in [-0.1, -0.05) is 19.9 Å². The molecule has 0 fully saturated rings. The molecule has 1 aromatic carbocycles. The molecule has 0 aliphatic rings. The lowest BCUT2D eigenvalue weighted by molar-refractivity contribution is -0.143.